The number of carbonyl (C=O) groups excluding carboxylic acids is 1. The van der Waals surface area contributed by atoms with Gasteiger partial charge in [-0.05, 0) is 48.4 Å². The Hall–Kier alpha value is -4.21. The Bertz CT molecular complexity index is 1760. The lowest BCUT2D eigenvalue weighted by Gasteiger charge is -2.12. The van der Waals surface area contributed by atoms with Crippen molar-refractivity contribution in [3.63, 3.8) is 0 Å². The molecule has 0 radical (unpaired) electrons. The van der Waals surface area contributed by atoms with Gasteiger partial charge in [0.15, 0.2) is 5.78 Å². The predicted molar refractivity (Wildman–Crippen MR) is 145 cm³/mol. The summed E-state index contributed by atoms with van der Waals surface area (Å²) < 4.78 is 12.5. The highest BCUT2D eigenvalue weighted by Crippen LogP contribution is 2.29. The van der Waals surface area contributed by atoms with Crippen LogP contribution in [-0.4, -0.2) is 31.9 Å². The van der Waals surface area contributed by atoms with Gasteiger partial charge in [-0.25, -0.2) is 4.68 Å². The molecular formula is C28H21Cl2N3O6. The lowest BCUT2D eigenvalue weighted by atomic mass is 9.95. The highest BCUT2D eigenvalue weighted by molar-refractivity contribution is 6.42. The second kappa shape index (κ2) is 11.3. The van der Waals surface area contributed by atoms with Gasteiger partial charge in [-0.1, -0.05) is 46.6 Å². The maximum atomic E-state index is 13.1. The van der Waals surface area contributed by atoms with Crippen molar-refractivity contribution < 1.29 is 23.8 Å². The molecule has 2 aromatic heterocycles. The fourth-order valence-electron chi connectivity index (χ4n) is 4.20. The lowest BCUT2D eigenvalue weighted by molar-refractivity contribution is -0.142. The van der Waals surface area contributed by atoms with Crippen LogP contribution < -0.4 is 10.3 Å². The van der Waals surface area contributed by atoms with Gasteiger partial charge >= 0.3 is 5.97 Å². The van der Waals surface area contributed by atoms with E-state index in [1.807, 2.05) is 0 Å². The second-order valence-electron chi connectivity index (χ2n) is 8.93. The Balaban J connectivity index is 1.26. The summed E-state index contributed by atoms with van der Waals surface area (Å²) >= 11 is 12.0. The Kier molecular flexibility index (Phi) is 7.63. The summed E-state index contributed by atoms with van der Waals surface area (Å²) in [5, 5.41) is 19.5. The zero-order valence-electron chi connectivity index (χ0n) is 20.3. The normalized spacial score (nSPS) is 12.1. The number of carboxylic acids is 1. The van der Waals surface area contributed by atoms with Crippen LogP contribution in [0.2, 0.25) is 10.0 Å². The molecule has 11 heteroatoms. The van der Waals surface area contributed by atoms with Gasteiger partial charge < -0.3 is 14.3 Å². The van der Waals surface area contributed by atoms with E-state index >= 15 is 0 Å². The van der Waals surface area contributed by atoms with Crippen molar-refractivity contribution in [2.24, 2.45) is 5.92 Å². The molecule has 9 nitrogen and oxygen atoms in total. The SMILES string of the molecule is O=C(CC(CCn1nnc2ccccc2c1=O)C(=O)O)c1coc2cc(OCc3ccc(Cl)c(Cl)c3)ccc12. The maximum Gasteiger partial charge on any atom is 0.307 e. The Morgan fingerprint density at radius 1 is 1.03 bits per heavy atom. The average molecular weight is 566 g/mol. The van der Waals surface area contributed by atoms with Gasteiger partial charge in [0.05, 0.1) is 26.9 Å². The zero-order valence-corrected chi connectivity index (χ0v) is 21.9. The molecule has 0 fully saturated rings. The number of aliphatic carboxylic acids is 1. The molecule has 5 aromatic rings. The number of halogens is 2. The summed E-state index contributed by atoms with van der Waals surface area (Å²) in [6.45, 7) is 0.256. The Morgan fingerprint density at radius 2 is 1.85 bits per heavy atom. The number of fused-ring (bicyclic) bond motifs is 2. The largest absolute Gasteiger partial charge is 0.489 e. The number of benzene rings is 3. The van der Waals surface area contributed by atoms with E-state index in [9.17, 15) is 19.5 Å². The van der Waals surface area contributed by atoms with E-state index in [1.165, 1.54) is 6.26 Å². The minimum absolute atomic E-state index is 0.00653. The van der Waals surface area contributed by atoms with E-state index in [0.29, 0.717) is 37.7 Å². The van der Waals surface area contributed by atoms with E-state index in [0.717, 1.165) is 10.2 Å². The molecule has 3 aromatic carbocycles. The molecule has 1 atom stereocenters. The van der Waals surface area contributed by atoms with Crippen molar-refractivity contribution in [2.45, 2.75) is 26.0 Å². The predicted octanol–water partition coefficient (Wildman–Crippen LogP) is 5.79. The van der Waals surface area contributed by atoms with Crippen molar-refractivity contribution in [1.82, 2.24) is 15.0 Å². The monoisotopic (exact) mass is 565 g/mol. The summed E-state index contributed by atoms with van der Waals surface area (Å²) in [5.74, 6) is -2.04. The van der Waals surface area contributed by atoms with Crippen LogP contribution in [0.15, 0.2) is 76.1 Å². The summed E-state index contributed by atoms with van der Waals surface area (Å²) in [6.07, 6.45) is 1.07. The van der Waals surface area contributed by atoms with Crippen LogP contribution in [0, 0.1) is 5.92 Å². The number of aromatic nitrogens is 3. The molecule has 39 heavy (non-hydrogen) atoms. The molecule has 2 heterocycles. The average Bonchev–Trinajstić information content (AvgIpc) is 3.36. The molecular weight excluding hydrogens is 545 g/mol. The number of hydrogen-bond donors (Lipinski definition) is 1. The van der Waals surface area contributed by atoms with E-state index < -0.39 is 11.9 Å². The molecule has 1 N–H and O–H groups in total. The number of rotatable bonds is 10. The molecule has 0 aliphatic heterocycles. The lowest BCUT2D eigenvalue weighted by Crippen LogP contribution is -2.27. The van der Waals surface area contributed by atoms with Gasteiger partial charge in [-0.15, -0.1) is 5.10 Å². The zero-order chi connectivity index (χ0) is 27.5. The highest BCUT2D eigenvalue weighted by Gasteiger charge is 2.25. The summed E-state index contributed by atoms with van der Waals surface area (Å²) in [7, 11) is 0. The van der Waals surface area contributed by atoms with Crippen LogP contribution in [0.4, 0.5) is 0 Å². The van der Waals surface area contributed by atoms with Crippen molar-refractivity contribution in [3.8, 4) is 5.75 Å². The first-order chi connectivity index (χ1) is 18.8. The topological polar surface area (TPSA) is 125 Å². The standard InChI is InChI=1S/C28H21Cl2N3O6/c29-22-8-5-16(11-23(22)30)14-38-18-6-7-19-21(15-39-26(19)13-18)25(34)12-17(28(36)37)9-10-33-27(35)20-3-1-2-4-24(20)31-32-33/h1-8,11,13,15,17H,9-10,12,14H2,(H,36,37). The number of carbonyl (C=O) groups is 2. The fraction of sp³-hybridized carbons (Fsp3) is 0.179. The van der Waals surface area contributed by atoms with Crippen molar-refractivity contribution >= 4 is 56.8 Å². The van der Waals surface area contributed by atoms with Crippen LogP contribution in [-0.2, 0) is 17.9 Å². The third-order valence-electron chi connectivity index (χ3n) is 6.34. The molecule has 0 saturated heterocycles. The number of nitrogens with zero attached hydrogens (tertiary/aromatic N) is 3. The smallest absolute Gasteiger partial charge is 0.307 e. The van der Waals surface area contributed by atoms with Gasteiger partial charge in [0, 0.05) is 24.4 Å². The Labute approximate surface area is 231 Å². The minimum atomic E-state index is -1.14. The van der Waals surface area contributed by atoms with E-state index in [4.69, 9.17) is 32.4 Å². The van der Waals surface area contributed by atoms with E-state index in [2.05, 4.69) is 10.3 Å². The fourth-order valence-corrected chi connectivity index (χ4v) is 4.53. The van der Waals surface area contributed by atoms with E-state index in [1.54, 1.807) is 60.7 Å². The number of carboxylic acid groups (broad SMARTS) is 1. The number of ether oxygens (including phenoxy) is 1. The molecule has 1 unspecified atom stereocenters. The molecule has 0 aliphatic rings. The first-order valence-corrected chi connectivity index (χ1v) is 12.7. The quantitative estimate of drug-likeness (QED) is 0.211. The van der Waals surface area contributed by atoms with Gasteiger partial charge in [0.1, 0.15) is 29.7 Å². The van der Waals surface area contributed by atoms with Crippen molar-refractivity contribution in [2.75, 3.05) is 0 Å². The molecule has 0 spiro atoms. The van der Waals surface area contributed by atoms with Gasteiger partial charge in [-0.3, -0.25) is 14.4 Å². The maximum absolute atomic E-state index is 13.1. The van der Waals surface area contributed by atoms with Crippen LogP contribution >= 0.6 is 23.2 Å². The minimum Gasteiger partial charge on any atom is -0.489 e. The third-order valence-corrected chi connectivity index (χ3v) is 7.08. The molecule has 0 saturated carbocycles. The first-order valence-electron chi connectivity index (χ1n) is 12.0. The Morgan fingerprint density at radius 3 is 2.64 bits per heavy atom. The molecule has 5 rings (SSSR count). The van der Waals surface area contributed by atoms with Crippen molar-refractivity contribution in [3.05, 3.63) is 98.5 Å². The van der Waals surface area contributed by atoms with Crippen LogP contribution in [0.3, 0.4) is 0 Å². The molecule has 198 valence electrons. The van der Waals surface area contributed by atoms with Gasteiger partial charge in [0.25, 0.3) is 5.56 Å². The second-order valence-corrected chi connectivity index (χ2v) is 9.74. The van der Waals surface area contributed by atoms with Crippen molar-refractivity contribution in [1.29, 1.82) is 0 Å². The number of Topliss-reactive ketones (excluding diaryl/α,β-unsaturated/α-hetero) is 1. The van der Waals surface area contributed by atoms with E-state index in [-0.39, 0.29) is 42.9 Å². The molecule has 0 bridgehead atoms. The van der Waals surface area contributed by atoms with Crippen LogP contribution in [0.25, 0.3) is 21.9 Å². The molecule has 0 aliphatic carbocycles. The summed E-state index contributed by atoms with van der Waals surface area (Å²) in [6, 6.07) is 17.0. The highest BCUT2D eigenvalue weighted by atomic mass is 35.5. The third kappa shape index (κ3) is 5.79. The number of ketones is 1. The van der Waals surface area contributed by atoms with Gasteiger partial charge in [-0.2, -0.15) is 0 Å². The number of hydrogen-bond acceptors (Lipinski definition) is 7. The van der Waals surface area contributed by atoms with Crippen LogP contribution in [0.1, 0.15) is 28.8 Å². The number of furan rings is 1. The summed E-state index contributed by atoms with van der Waals surface area (Å²) in [5.41, 5.74) is 1.62. The first kappa shape index (κ1) is 26.4. The van der Waals surface area contributed by atoms with Crippen LogP contribution in [0.5, 0.6) is 5.75 Å². The molecule has 0 amide bonds. The summed E-state index contributed by atoms with van der Waals surface area (Å²) in [4.78, 5) is 37.7. The van der Waals surface area contributed by atoms with Gasteiger partial charge in [0.2, 0.25) is 0 Å². The number of aryl methyl sites for hydroxylation is 1.